The largest absolute Gasteiger partial charge is 0.369 e. The first-order valence-corrected chi connectivity index (χ1v) is 6.90. The number of amides is 1. The summed E-state index contributed by atoms with van der Waals surface area (Å²) in [6.45, 7) is 0. The summed E-state index contributed by atoms with van der Waals surface area (Å²) in [5, 5.41) is 0. The summed E-state index contributed by atoms with van der Waals surface area (Å²) < 4.78 is 0. The van der Waals surface area contributed by atoms with Crippen LogP contribution in [0.25, 0.3) is 12.2 Å². The van der Waals surface area contributed by atoms with Crippen LogP contribution in [0.5, 0.6) is 0 Å². The first-order chi connectivity index (χ1) is 9.22. The van der Waals surface area contributed by atoms with Crippen LogP contribution in [0.3, 0.4) is 0 Å². The number of fused-ring (bicyclic) bond motifs is 2. The highest BCUT2D eigenvalue weighted by Gasteiger charge is 2.10. The SMILES string of the molecule is NC(=O)Cc1ccc2c(c1)C=Cc1ccccc1S2. The second-order valence-corrected chi connectivity index (χ2v) is 5.57. The maximum atomic E-state index is 11.0. The smallest absolute Gasteiger partial charge is 0.221 e. The van der Waals surface area contributed by atoms with E-state index in [1.807, 2.05) is 24.3 Å². The standard InChI is InChI=1S/C16H13NOS/c17-16(18)10-11-5-8-15-13(9-11)7-6-12-3-1-2-4-14(12)19-15/h1-9H,10H2,(H2,17,18). The Morgan fingerprint density at radius 2 is 1.74 bits per heavy atom. The molecule has 0 radical (unpaired) electrons. The molecule has 0 saturated carbocycles. The van der Waals surface area contributed by atoms with Gasteiger partial charge in [0.1, 0.15) is 0 Å². The third kappa shape index (κ3) is 2.56. The zero-order chi connectivity index (χ0) is 13.2. The molecule has 0 unspecified atom stereocenters. The zero-order valence-corrected chi connectivity index (χ0v) is 11.1. The van der Waals surface area contributed by atoms with Crippen LogP contribution in [0, 0.1) is 0 Å². The van der Waals surface area contributed by atoms with Gasteiger partial charge in [-0.15, -0.1) is 0 Å². The van der Waals surface area contributed by atoms with Crippen molar-refractivity contribution in [3.63, 3.8) is 0 Å². The van der Waals surface area contributed by atoms with Crippen LogP contribution in [0.15, 0.2) is 52.3 Å². The number of hydrogen-bond acceptors (Lipinski definition) is 2. The molecule has 94 valence electrons. The van der Waals surface area contributed by atoms with E-state index in [1.54, 1.807) is 11.8 Å². The van der Waals surface area contributed by atoms with Gasteiger partial charge in [0, 0.05) is 9.79 Å². The van der Waals surface area contributed by atoms with Crippen LogP contribution in [0.4, 0.5) is 0 Å². The Morgan fingerprint density at radius 3 is 2.58 bits per heavy atom. The van der Waals surface area contributed by atoms with Crippen LogP contribution in [0.1, 0.15) is 16.7 Å². The van der Waals surface area contributed by atoms with Crippen LogP contribution in [-0.4, -0.2) is 5.91 Å². The molecule has 2 N–H and O–H groups in total. The van der Waals surface area contributed by atoms with E-state index in [1.165, 1.54) is 15.4 Å². The molecule has 0 aliphatic carbocycles. The predicted octanol–water partition coefficient (Wildman–Crippen LogP) is 3.35. The molecule has 0 saturated heterocycles. The Bertz CT molecular complexity index is 676. The van der Waals surface area contributed by atoms with Crippen molar-refractivity contribution in [2.45, 2.75) is 16.2 Å². The Balaban J connectivity index is 2.01. The van der Waals surface area contributed by atoms with Crippen molar-refractivity contribution in [1.82, 2.24) is 0 Å². The first-order valence-electron chi connectivity index (χ1n) is 6.08. The lowest BCUT2D eigenvalue weighted by molar-refractivity contribution is -0.117. The van der Waals surface area contributed by atoms with Gasteiger partial charge in [-0.1, -0.05) is 54.2 Å². The van der Waals surface area contributed by atoms with Gasteiger partial charge in [0.05, 0.1) is 6.42 Å². The molecule has 0 aromatic heterocycles. The topological polar surface area (TPSA) is 43.1 Å². The zero-order valence-electron chi connectivity index (χ0n) is 10.3. The van der Waals surface area contributed by atoms with Gasteiger partial charge in [-0.3, -0.25) is 4.79 Å². The number of carbonyl (C=O) groups excluding carboxylic acids is 1. The van der Waals surface area contributed by atoms with Crippen molar-refractivity contribution < 1.29 is 4.79 Å². The van der Waals surface area contributed by atoms with Crippen LogP contribution in [0.2, 0.25) is 0 Å². The minimum atomic E-state index is -0.298. The quantitative estimate of drug-likeness (QED) is 0.773. The van der Waals surface area contributed by atoms with E-state index >= 15 is 0 Å². The highest BCUT2D eigenvalue weighted by atomic mass is 32.2. The molecule has 3 heteroatoms. The fourth-order valence-electron chi connectivity index (χ4n) is 2.14. The van der Waals surface area contributed by atoms with Crippen molar-refractivity contribution in [2.24, 2.45) is 5.73 Å². The maximum Gasteiger partial charge on any atom is 0.221 e. The summed E-state index contributed by atoms with van der Waals surface area (Å²) in [4.78, 5) is 13.4. The molecule has 2 aromatic rings. The number of rotatable bonds is 2. The van der Waals surface area contributed by atoms with Crippen molar-refractivity contribution >= 4 is 29.8 Å². The molecule has 2 nitrogen and oxygen atoms in total. The van der Waals surface area contributed by atoms with Crippen molar-refractivity contribution in [3.05, 3.63) is 59.2 Å². The fraction of sp³-hybridized carbons (Fsp3) is 0.0625. The maximum absolute atomic E-state index is 11.0. The van der Waals surface area contributed by atoms with Crippen LogP contribution < -0.4 is 5.73 Å². The van der Waals surface area contributed by atoms with Gasteiger partial charge >= 0.3 is 0 Å². The third-order valence-electron chi connectivity index (χ3n) is 3.03. The Kier molecular flexibility index (Phi) is 3.13. The van der Waals surface area contributed by atoms with Gasteiger partial charge in [-0.05, 0) is 28.8 Å². The molecule has 1 aliphatic heterocycles. The summed E-state index contributed by atoms with van der Waals surface area (Å²) in [6.07, 6.45) is 4.50. The predicted molar refractivity (Wildman–Crippen MR) is 78.8 cm³/mol. The number of carbonyl (C=O) groups is 1. The third-order valence-corrected chi connectivity index (χ3v) is 4.22. The lowest BCUT2D eigenvalue weighted by atomic mass is 10.1. The number of primary amides is 1. The van der Waals surface area contributed by atoms with Crippen LogP contribution >= 0.6 is 11.8 Å². The molecular formula is C16H13NOS. The minimum Gasteiger partial charge on any atom is -0.369 e. The Hall–Kier alpha value is -2.00. The number of hydrogen-bond donors (Lipinski definition) is 1. The summed E-state index contributed by atoms with van der Waals surface area (Å²) >= 11 is 1.75. The first kappa shape index (κ1) is 12.1. The van der Waals surface area contributed by atoms with E-state index in [2.05, 4.69) is 30.4 Å². The van der Waals surface area contributed by atoms with Gasteiger partial charge in [0.2, 0.25) is 5.91 Å². The Morgan fingerprint density at radius 1 is 1.00 bits per heavy atom. The summed E-state index contributed by atoms with van der Waals surface area (Å²) in [7, 11) is 0. The summed E-state index contributed by atoms with van der Waals surface area (Å²) in [5.74, 6) is -0.298. The van der Waals surface area contributed by atoms with E-state index in [9.17, 15) is 4.79 Å². The van der Waals surface area contributed by atoms with E-state index in [0.29, 0.717) is 6.42 Å². The average molecular weight is 267 g/mol. The molecule has 1 amide bonds. The number of nitrogens with two attached hydrogens (primary N) is 1. The van der Waals surface area contributed by atoms with Gasteiger partial charge in [0.15, 0.2) is 0 Å². The van der Waals surface area contributed by atoms with Gasteiger partial charge in [0.25, 0.3) is 0 Å². The highest BCUT2D eigenvalue weighted by molar-refractivity contribution is 7.99. The molecule has 1 aliphatic rings. The van der Waals surface area contributed by atoms with Gasteiger partial charge in [-0.25, -0.2) is 0 Å². The van der Waals surface area contributed by atoms with E-state index in [0.717, 1.165) is 11.1 Å². The molecule has 19 heavy (non-hydrogen) atoms. The lowest BCUT2D eigenvalue weighted by Gasteiger charge is -2.07. The molecule has 3 rings (SSSR count). The van der Waals surface area contributed by atoms with Crippen molar-refractivity contribution in [2.75, 3.05) is 0 Å². The molecule has 0 fully saturated rings. The molecule has 1 heterocycles. The molecule has 0 spiro atoms. The molecule has 2 aromatic carbocycles. The summed E-state index contributed by atoms with van der Waals surface area (Å²) in [5.41, 5.74) is 8.56. The number of benzene rings is 2. The van der Waals surface area contributed by atoms with E-state index in [-0.39, 0.29) is 5.91 Å². The fourth-order valence-corrected chi connectivity index (χ4v) is 3.16. The highest BCUT2D eigenvalue weighted by Crippen LogP contribution is 2.37. The Labute approximate surface area is 116 Å². The van der Waals surface area contributed by atoms with E-state index in [4.69, 9.17) is 5.73 Å². The van der Waals surface area contributed by atoms with Gasteiger partial charge in [-0.2, -0.15) is 0 Å². The van der Waals surface area contributed by atoms with Crippen molar-refractivity contribution in [3.8, 4) is 0 Å². The lowest BCUT2D eigenvalue weighted by Crippen LogP contribution is -2.13. The van der Waals surface area contributed by atoms with Crippen LogP contribution in [-0.2, 0) is 11.2 Å². The monoisotopic (exact) mass is 267 g/mol. The molecule has 0 bridgehead atoms. The van der Waals surface area contributed by atoms with Crippen molar-refractivity contribution in [1.29, 1.82) is 0 Å². The van der Waals surface area contributed by atoms with Gasteiger partial charge < -0.3 is 5.73 Å². The molecular weight excluding hydrogens is 254 g/mol. The second-order valence-electron chi connectivity index (χ2n) is 4.49. The minimum absolute atomic E-state index is 0.290. The molecule has 0 atom stereocenters. The second kappa shape index (κ2) is 4.94. The summed E-state index contributed by atoms with van der Waals surface area (Å²) in [6, 6.07) is 14.4. The van der Waals surface area contributed by atoms with E-state index < -0.39 is 0 Å². The normalized spacial score (nSPS) is 12.4. The average Bonchev–Trinajstić information content (AvgIpc) is 2.57.